The van der Waals surface area contributed by atoms with E-state index in [1.165, 1.54) is 47.7 Å². The van der Waals surface area contributed by atoms with Crippen molar-refractivity contribution in [1.29, 1.82) is 5.26 Å². The average molecular weight is 533 g/mol. The number of anilines is 1. The lowest BCUT2D eigenvalue weighted by molar-refractivity contribution is -0.186. The van der Waals surface area contributed by atoms with E-state index in [0.717, 1.165) is 35.6 Å². The zero-order valence-electron chi connectivity index (χ0n) is 22.1. The second-order valence-corrected chi connectivity index (χ2v) is 11.2. The normalized spacial score (nSPS) is 22.8. The van der Waals surface area contributed by atoms with Crippen molar-refractivity contribution in [2.24, 2.45) is 7.05 Å². The monoisotopic (exact) mass is 532 g/mol. The minimum Gasteiger partial charge on any atom is -0.393 e. The Kier molecular flexibility index (Phi) is 8.42. The van der Waals surface area contributed by atoms with E-state index in [1.54, 1.807) is 0 Å². The van der Waals surface area contributed by atoms with Crippen LogP contribution in [-0.2, 0) is 11.8 Å². The molecule has 3 unspecified atom stereocenters. The summed E-state index contributed by atoms with van der Waals surface area (Å²) in [4.78, 5) is 3.06. The number of aromatic nitrogens is 1. The molecule has 2 saturated heterocycles. The molecule has 5 rings (SSSR count). The fourth-order valence-electron chi connectivity index (χ4n) is 5.52. The van der Waals surface area contributed by atoms with E-state index in [1.807, 2.05) is 14.0 Å². The van der Waals surface area contributed by atoms with Gasteiger partial charge in [0.15, 0.2) is 6.29 Å². The summed E-state index contributed by atoms with van der Waals surface area (Å²) in [6.45, 7) is 4.66. The topological polar surface area (TPSA) is 93.7 Å². The Hall–Kier alpha value is -2.80. The van der Waals surface area contributed by atoms with Crippen LogP contribution < -0.4 is 9.62 Å². The largest absolute Gasteiger partial charge is 0.393 e. The highest BCUT2D eigenvalue weighted by Crippen LogP contribution is 2.32. The summed E-state index contributed by atoms with van der Waals surface area (Å²) < 4.78 is 10.8. The Morgan fingerprint density at radius 3 is 2.58 bits per heavy atom. The fourth-order valence-corrected chi connectivity index (χ4v) is 6.24. The lowest BCUT2D eigenvalue weighted by Crippen LogP contribution is -2.39. The molecule has 7 nitrogen and oxygen atoms in total. The van der Waals surface area contributed by atoms with Gasteiger partial charge in [0.05, 0.1) is 12.2 Å². The number of ether oxygens (including phenoxy) is 1. The number of aliphatic hydroxyl groups is 2. The summed E-state index contributed by atoms with van der Waals surface area (Å²) in [6, 6.07) is 19.9. The number of hydrogen-bond donors (Lipinski definition) is 3. The summed E-state index contributed by atoms with van der Waals surface area (Å²) in [7, 11) is 2.03. The van der Waals surface area contributed by atoms with Crippen LogP contribution >= 0.6 is 11.9 Å². The van der Waals surface area contributed by atoms with Crippen LogP contribution in [0.1, 0.15) is 44.7 Å². The van der Waals surface area contributed by atoms with E-state index in [0.29, 0.717) is 17.9 Å². The molecule has 3 N–H and O–H groups in total. The van der Waals surface area contributed by atoms with Crippen LogP contribution in [0.15, 0.2) is 53.4 Å². The molecule has 0 aliphatic carbocycles. The van der Waals surface area contributed by atoms with E-state index in [2.05, 4.69) is 68.8 Å². The van der Waals surface area contributed by atoms with Gasteiger partial charge in [0.25, 0.3) is 0 Å². The molecule has 0 spiro atoms. The van der Waals surface area contributed by atoms with Crippen molar-refractivity contribution in [2.75, 3.05) is 24.5 Å². The summed E-state index contributed by atoms with van der Waals surface area (Å²) in [5.41, 5.74) is 5.40. The molecule has 3 aromatic rings. The molecule has 8 heteroatoms. The summed E-state index contributed by atoms with van der Waals surface area (Å²) in [5.74, 6) is 0. The lowest BCUT2D eigenvalue weighted by Gasteiger charge is -2.30. The standard InChI is InChI=1S/C30H36N4O3S/c1-20(29(18-31)38-32-19-26-16-25(35)17-30(36)37-26)27-10-11-28(33(27)2)23-7-6-22-15-24(9-8-21(22)14-23)34-12-4-3-5-13-34/h6-11,14-15,25-26,30,32,35-36H,3-5,12-13,16-17,19H2,1-2H3/b29-20+. The van der Waals surface area contributed by atoms with Crippen LogP contribution in [0.5, 0.6) is 0 Å². The lowest BCUT2D eigenvalue weighted by atomic mass is 10.0. The minimum absolute atomic E-state index is 0.235. The van der Waals surface area contributed by atoms with Crippen molar-refractivity contribution >= 4 is 34.0 Å². The van der Waals surface area contributed by atoms with E-state index in [-0.39, 0.29) is 12.5 Å². The van der Waals surface area contributed by atoms with Crippen molar-refractivity contribution in [2.45, 2.75) is 57.5 Å². The molecule has 2 aliphatic rings. The molecular weight excluding hydrogens is 496 g/mol. The number of nitriles is 1. The predicted molar refractivity (Wildman–Crippen MR) is 154 cm³/mol. The fraction of sp³-hybridized carbons (Fsp3) is 0.433. The molecule has 2 aromatic carbocycles. The molecule has 200 valence electrons. The van der Waals surface area contributed by atoms with Crippen molar-refractivity contribution in [1.82, 2.24) is 9.29 Å². The van der Waals surface area contributed by atoms with Gasteiger partial charge in [-0.05, 0) is 90.4 Å². The second-order valence-electron chi connectivity index (χ2n) is 10.3. The molecular formula is C30H36N4O3S. The molecule has 38 heavy (non-hydrogen) atoms. The number of benzene rings is 2. The van der Waals surface area contributed by atoms with E-state index >= 15 is 0 Å². The van der Waals surface area contributed by atoms with Crippen LogP contribution in [0.25, 0.3) is 27.6 Å². The van der Waals surface area contributed by atoms with E-state index in [9.17, 15) is 15.5 Å². The van der Waals surface area contributed by atoms with Crippen molar-refractivity contribution in [3.8, 4) is 17.3 Å². The summed E-state index contributed by atoms with van der Waals surface area (Å²) >= 11 is 1.26. The zero-order chi connectivity index (χ0) is 26.6. The van der Waals surface area contributed by atoms with Gasteiger partial charge in [0, 0.05) is 56.6 Å². The van der Waals surface area contributed by atoms with Gasteiger partial charge < -0.3 is 24.4 Å². The average Bonchev–Trinajstić information content (AvgIpc) is 3.31. The number of piperidine rings is 1. The maximum Gasteiger partial charge on any atom is 0.157 e. The maximum atomic E-state index is 9.85. The van der Waals surface area contributed by atoms with Gasteiger partial charge in [-0.15, -0.1) is 0 Å². The van der Waals surface area contributed by atoms with Gasteiger partial charge in [0.2, 0.25) is 0 Å². The smallest absolute Gasteiger partial charge is 0.157 e. The summed E-state index contributed by atoms with van der Waals surface area (Å²) in [6.07, 6.45) is 2.75. The number of fused-ring (bicyclic) bond motifs is 1. The third-order valence-corrected chi connectivity index (χ3v) is 8.54. The van der Waals surface area contributed by atoms with Crippen LogP contribution in [0, 0.1) is 11.3 Å². The number of nitrogens with zero attached hydrogens (tertiary/aromatic N) is 3. The Labute approximate surface area is 228 Å². The van der Waals surface area contributed by atoms with Crippen LogP contribution in [0.4, 0.5) is 5.69 Å². The predicted octanol–water partition coefficient (Wildman–Crippen LogP) is 5.19. The molecule has 0 bridgehead atoms. The highest BCUT2D eigenvalue weighted by atomic mass is 32.2. The Balaban J connectivity index is 1.31. The second kappa shape index (κ2) is 11.9. The van der Waals surface area contributed by atoms with Crippen molar-refractivity contribution < 1.29 is 14.9 Å². The van der Waals surface area contributed by atoms with Gasteiger partial charge in [-0.25, -0.2) is 0 Å². The van der Waals surface area contributed by atoms with Crippen molar-refractivity contribution in [3.05, 3.63) is 59.1 Å². The number of nitrogens with one attached hydrogen (secondary N) is 1. The van der Waals surface area contributed by atoms with E-state index in [4.69, 9.17) is 4.74 Å². The van der Waals surface area contributed by atoms with Gasteiger partial charge in [0.1, 0.15) is 11.0 Å². The first-order valence-corrected chi connectivity index (χ1v) is 14.2. The zero-order valence-corrected chi connectivity index (χ0v) is 22.9. The third kappa shape index (κ3) is 5.93. The Morgan fingerprint density at radius 2 is 1.82 bits per heavy atom. The van der Waals surface area contributed by atoms with Crippen LogP contribution in [-0.4, -0.2) is 52.9 Å². The third-order valence-electron chi connectivity index (χ3n) is 7.63. The number of allylic oxidation sites excluding steroid dienone is 2. The Morgan fingerprint density at radius 1 is 1.05 bits per heavy atom. The molecule has 1 aromatic heterocycles. The number of hydrogen-bond acceptors (Lipinski definition) is 7. The Bertz CT molecular complexity index is 1350. The first-order chi connectivity index (χ1) is 18.4. The molecule has 2 aliphatic heterocycles. The molecule has 0 radical (unpaired) electrons. The highest BCUT2D eigenvalue weighted by Gasteiger charge is 2.27. The van der Waals surface area contributed by atoms with Gasteiger partial charge >= 0.3 is 0 Å². The molecule has 0 saturated carbocycles. The first kappa shape index (κ1) is 26.8. The molecule has 3 atom stereocenters. The maximum absolute atomic E-state index is 9.85. The molecule has 3 heterocycles. The SMILES string of the molecule is C/C(=C(/C#N)SNCC1CC(O)CC(O)O1)c1ccc(-c2ccc3cc(N4CCCCC4)ccc3c2)n1C. The summed E-state index contributed by atoms with van der Waals surface area (Å²) in [5, 5.41) is 31.9. The number of rotatable bonds is 7. The number of aliphatic hydroxyl groups excluding tert-OH is 2. The van der Waals surface area contributed by atoms with Crippen LogP contribution in [0.3, 0.4) is 0 Å². The van der Waals surface area contributed by atoms with E-state index < -0.39 is 12.4 Å². The van der Waals surface area contributed by atoms with Crippen LogP contribution in [0.2, 0.25) is 0 Å². The minimum atomic E-state index is -0.947. The van der Waals surface area contributed by atoms with Gasteiger partial charge in [-0.1, -0.05) is 18.2 Å². The first-order valence-electron chi connectivity index (χ1n) is 13.4. The van der Waals surface area contributed by atoms with Crippen molar-refractivity contribution in [3.63, 3.8) is 0 Å². The quantitative estimate of drug-likeness (QED) is 0.285. The van der Waals surface area contributed by atoms with Gasteiger partial charge in [-0.2, -0.15) is 5.26 Å². The highest BCUT2D eigenvalue weighted by molar-refractivity contribution is 8.01. The molecule has 2 fully saturated rings. The van der Waals surface area contributed by atoms with Gasteiger partial charge in [-0.3, -0.25) is 4.72 Å². The molecule has 0 amide bonds.